The van der Waals surface area contributed by atoms with Gasteiger partial charge in [-0.3, -0.25) is 4.79 Å². The molecule has 0 saturated carbocycles. The molecule has 0 aliphatic rings. The molecule has 1 atom stereocenters. The van der Waals surface area contributed by atoms with E-state index in [-0.39, 0.29) is 5.91 Å². The van der Waals surface area contributed by atoms with E-state index >= 15 is 0 Å². The highest BCUT2D eigenvalue weighted by Crippen LogP contribution is 2.18. The lowest BCUT2D eigenvalue weighted by Gasteiger charge is -2.14. The van der Waals surface area contributed by atoms with Crippen LogP contribution in [0.4, 0.5) is 0 Å². The van der Waals surface area contributed by atoms with Crippen LogP contribution in [0.3, 0.4) is 0 Å². The molecular weight excluding hydrogens is 292 g/mol. The average molecular weight is 312 g/mol. The Hall–Kier alpha value is -2.82. The lowest BCUT2D eigenvalue weighted by Crippen LogP contribution is -2.33. The molecule has 5 nitrogen and oxygen atoms in total. The summed E-state index contributed by atoms with van der Waals surface area (Å²) in [4.78, 5) is 12.0. The molecule has 23 heavy (non-hydrogen) atoms. The number of benzene rings is 2. The van der Waals surface area contributed by atoms with Gasteiger partial charge in [0.05, 0.1) is 13.3 Å². The van der Waals surface area contributed by atoms with Gasteiger partial charge in [-0.1, -0.05) is 30.3 Å². The van der Waals surface area contributed by atoms with E-state index in [9.17, 15) is 4.79 Å². The molecule has 2 aromatic carbocycles. The maximum Gasteiger partial charge on any atom is 0.280 e. The second-order valence-electron chi connectivity index (χ2n) is 5.00. The van der Waals surface area contributed by atoms with Crippen LogP contribution in [0.15, 0.2) is 53.6 Å². The third-order valence-corrected chi connectivity index (χ3v) is 3.28. The highest BCUT2D eigenvalue weighted by Gasteiger charge is 2.14. The molecule has 1 amide bonds. The van der Waals surface area contributed by atoms with E-state index in [1.807, 2.05) is 55.5 Å². The first-order valence-corrected chi connectivity index (χ1v) is 7.30. The van der Waals surface area contributed by atoms with Gasteiger partial charge in [-0.2, -0.15) is 5.10 Å². The molecule has 0 aromatic heterocycles. The molecule has 1 N–H and O–H groups in total. The van der Waals surface area contributed by atoms with Crippen LogP contribution in [0.5, 0.6) is 11.5 Å². The van der Waals surface area contributed by atoms with Crippen LogP contribution in [0.2, 0.25) is 0 Å². The Morgan fingerprint density at radius 1 is 1.13 bits per heavy atom. The summed E-state index contributed by atoms with van der Waals surface area (Å²) < 4.78 is 10.9. The summed E-state index contributed by atoms with van der Waals surface area (Å²) >= 11 is 0. The molecule has 2 aromatic rings. The Balaban J connectivity index is 1.94. The topological polar surface area (TPSA) is 59.9 Å². The number of hydrogen-bond donors (Lipinski definition) is 1. The van der Waals surface area contributed by atoms with E-state index < -0.39 is 6.10 Å². The Labute approximate surface area is 135 Å². The molecule has 0 unspecified atom stereocenters. The van der Waals surface area contributed by atoms with Crippen molar-refractivity contribution in [2.45, 2.75) is 20.0 Å². The number of aryl methyl sites for hydroxylation is 1. The van der Waals surface area contributed by atoms with Crippen molar-refractivity contribution in [3.63, 3.8) is 0 Å². The maximum absolute atomic E-state index is 12.0. The third-order valence-electron chi connectivity index (χ3n) is 3.28. The van der Waals surface area contributed by atoms with E-state index in [4.69, 9.17) is 9.47 Å². The molecule has 0 radical (unpaired) electrons. The molecule has 0 bridgehead atoms. The Morgan fingerprint density at radius 2 is 1.78 bits per heavy atom. The molecule has 0 aliphatic carbocycles. The first-order valence-electron chi connectivity index (χ1n) is 7.30. The van der Waals surface area contributed by atoms with Crippen molar-refractivity contribution in [3.05, 3.63) is 59.7 Å². The summed E-state index contributed by atoms with van der Waals surface area (Å²) in [6.07, 6.45) is 0.892. The first kappa shape index (κ1) is 16.5. The molecule has 0 heterocycles. The van der Waals surface area contributed by atoms with Crippen LogP contribution in [-0.2, 0) is 4.79 Å². The lowest BCUT2D eigenvalue weighted by molar-refractivity contribution is -0.127. The molecule has 0 saturated heterocycles. The Kier molecular flexibility index (Phi) is 5.74. The van der Waals surface area contributed by atoms with Crippen LogP contribution < -0.4 is 14.9 Å². The van der Waals surface area contributed by atoms with E-state index in [2.05, 4.69) is 10.5 Å². The smallest absolute Gasteiger partial charge is 0.280 e. The summed E-state index contributed by atoms with van der Waals surface area (Å²) in [6.45, 7) is 3.61. The van der Waals surface area contributed by atoms with Crippen LogP contribution in [0.25, 0.3) is 0 Å². The fourth-order valence-corrected chi connectivity index (χ4v) is 1.96. The van der Waals surface area contributed by atoms with Gasteiger partial charge in [0.2, 0.25) is 0 Å². The number of nitrogens with one attached hydrogen (secondary N) is 1. The normalized spacial score (nSPS) is 12.0. The van der Waals surface area contributed by atoms with Gasteiger partial charge in [-0.05, 0) is 37.6 Å². The minimum atomic E-state index is -0.647. The quantitative estimate of drug-likeness (QED) is 0.659. The molecule has 0 fully saturated rings. The number of rotatable bonds is 6. The van der Waals surface area contributed by atoms with Gasteiger partial charge in [0, 0.05) is 5.56 Å². The second kappa shape index (κ2) is 7.98. The first-order chi connectivity index (χ1) is 11.1. The molecule has 2 rings (SSSR count). The number of carbonyl (C=O) groups excluding carboxylic acids is 1. The number of para-hydroxylation sites is 2. The zero-order valence-electron chi connectivity index (χ0n) is 13.4. The van der Waals surface area contributed by atoms with Crippen molar-refractivity contribution in [3.8, 4) is 11.5 Å². The maximum atomic E-state index is 12.0. The Bertz CT molecular complexity index is 698. The minimum absolute atomic E-state index is 0.320. The summed E-state index contributed by atoms with van der Waals surface area (Å²) in [5, 5.41) is 3.95. The van der Waals surface area contributed by atoms with Crippen molar-refractivity contribution >= 4 is 12.1 Å². The standard InChI is InChI=1S/C18H20N2O3/c1-13-8-4-6-10-16(13)23-14(2)18(21)20-19-12-15-9-5-7-11-17(15)22-3/h4-12,14H,1-3H3,(H,20,21)/b19-12-/t14-/m0/s1. The van der Waals surface area contributed by atoms with Gasteiger partial charge in [0.15, 0.2) is 6.10 Å². The summed E-state index contributed by atoms with van der Waals surface area (Å²) in [7, 11) is 1.59. The van der Waals surface area contributed by atoms with Crippen molar-refractivity contribution in [1.29, 1.82) is 0 Å². The number of hydrazone groups is 1. The number of ether oxygens (including phenoxy) is 2. The van der Waals surface area contributed by atoms with Crippen LogP contribution in [0.1, 0.15) is 18.1 Å². The highest BCUT2D eigenvalue weighted by molar-refractivity contribution is 5.86. The number of methoxy groups -OCH3 is 1. The van der Waals surface area contributed by atoms with Crippen molar-refractivity contribution in [2.24, 2.45) is 5.10 Å². The van der Waals surface area contributed by atoms with Gasteiger partial charge in [-0.15, -0.1) is 0 Å². The van der Waals surface area contributed by atoms with Crippen molar-refractivity contribution < 1.29 is 14.3 Å². The van der Waals surface area contributed by atoms with Gasteiger partial charge in [0.1, 0.15) is 11.5 Å². The van der Waals surface area contributed by atoms with Crippen molar-refractivity contribution in [2.75, 3.05) is 7.11 Å². The fraction of sp³-hybridized carbons (Fsp3) is 0.222. The zero-order chi connectivity index (χ0) is 16.7. The number of amides is 1. The van der Waals surface area contributed by atoms with Crippen LogP contribution >= 0.6 is 0 Å². The fourth-order valence-electron chi connectivity index (χ4n) is 1.96. The molecule has 0 spiro atoms. The Morgan fingerprint density at radius 3 is 2.48 bits per heavy atom. The average Bonchev–Trinajstić information content (AvgIpc) is 2.57. The van der Waals surface area contributed by atoms with Crippen LogP contribution in [0, 0.1) is 6.92 Å². The molecule has 5 heteroatoms. The predicted molar refractivity (Wildman–Crippen MR) is 90.0 cm³/mol. The molecular formula is C18H20N2O3. The largest absolute Gasteiger partial charge is 0.496 e. The lowest BCUT2D eigenvalue weighted by atomic mass is 10.2. The summed E-state index contributed by atoms with van der Waals surface area (Å²) in [5.74, 6) is 1.05. The van der Waals surface area contributed by atoms with Crippen molar-refractivity contribution in [1.82, 2.24) is 5.43 Å². The van der Waals surface area contributed by atoms with Gasteiger partial charge in [0.25, 0.3) is 5.91 Å². The molecule has 120 valence electrons. The van der Waals surface area contributed by atoms with Gasteiger partial charge in [-0.25, -0.2) is 5.43 Å². The summed E-state index contributed by atoms with van der Waals surface area (Å²) in [6, 6.07) is 15.0. The second-order valence-corrected chi connectivity index (χ2v) is 5.00. The van der Waals surface area contributed by atoms with Gasteiger partial charge < -0.3 is 9.47 Å². The SMILES string of the molecule is COc1ccccc1/C=N\NC(=O)[C@H](C)Oc1ccccc1C. The van der Waals surface area contributed by atoms with E-state index in [1.165, 1.54) is 6.21 Å². The highest BCUT2D eigenvalue weighted by atomic mass is 16.5. The monoisotopic (exact) mass is 312 g/mol. The van der Waals surface area contributed by atoms with Gasteiger partial charge >= 0.3 is 0 Å². The van der Waals surface area contributed by atoms with E-state index in [0.717, 1.165) is 11.1 Å². The van der Waals surface area contributed by atoms with E-state index in [1.54, 1.807) is 14.0 Å². The number of nitrogens with zero attached hydrogens (tertiary/aromatic N) is 1. The summed E-state index contributed by atoms with van der Waals surface area (Å²) in [5.41, 5.74) is 4.23. The van der Waals surface area contributed by atoms with E-state index in [0.29, 0.717) is 11.5 Å². The predicted octanol–water partition coefficient (Wildman–Crippen LogP) is 2.92. The zero-order valence-corrected chi connectivity index (χ0v) is 13.4. The van der Waals surface area contributed by atoms with Crippen LogP contribution in [-0.4, -0.2) is 25.3 Å². The molecule has 0 aliphatic heterocycles. The third kappa shape index (κ3) is 4.57. The number of carbonyl (C=O) groups is 1. The number of hydrogen-bond acceptors (Lipinski definition) is 4. The minimum Gasteiger partial charge on any atom is -0.496 e.